The Balaban J connectivity index is 2.25. The highest BCUT2D eigenvalue weighted by Crippen LogP contribution is 2.17. The molecule has 0 aromatic carbocycles. The fourth-order valence-electron chi connectivity index (χ4n) is 1.74. The van der Waals surface area contributed by atoms with Crippen LogP contribution in [0.3, 0.4) is 0 Å². The lowest BCUT2D eigenvalue weighted by Crippen LogP contribution is -2.05. The molecule has 4 heteroatoms. The van der Waals surface area contributed by atoms with E-state index in [0.29, 0.717) is 10.9 Å². The summed E-state index contributed by atoms with van der Waals surface area (Å²) in [5.41, 5.74) is 2.33. The molecule has 82 valence electrons. The maximum absolute atomic E-state index is 11.5. The van der Waals surface area contributed by atoms with Crippen molar-refractivity contribution >= 4 is 10.9 Å². The molecule has 3 rings (SSSR count). The van der Waals surface area contributed by atoms with Crippen molar-refractivity contribution in [2.24, 2.45) is 0 Å². The monoisotopic (exact) mass is 223 g/mol. The Bertz CT molecular complexity index is 719. The van der Waals surface area contributed by atoms with E-state index >= 15 is 0 Å². The summed E-state index contributed by atoms with van der Waals surface area (Å²) in [4.78, 5) is 22.6. The van der Waals surface area contributed by atoms with Gasteiger partial charge in [0, 0.05) is 24.2 Å². The van der Waals surface area contributed by atoms with E-state index in [2.05, 4.69) is 15.0 Å². The second-order valence-electron chi connectivity index (χ2n) is 3.68. The zero-order chi connectivity index (χ0) is 11.7. The molecule has 0 amide bonds. The van der Waals surface area contributed by atoms with E-state index in [9.17, 15) is 4.79 Å². The first-order chi connectivity index (χ1) is 8.34. The topological polar surface area (TPSA) is 58.6 Å². The molecule has 0 unspecified atom stereocenters. The van der Waals surface area contributed by atoms with Crippen molar-refractivity contribution in [2.75, 3.05) is 0 Å². The van der Waals surface area contributed by atoms with Gasteiger partial charge in [0.05, 0.1) is 16.6 Å². The van der Waals surface area contributed by atoms with Crippen LogP contribution in [0.2, 0.25) is 0 Å². The van der Waals surface area contributed by atoms with Gasteiger partial charge in [-0.15, -0.1) is 0 Å². The Kier molecular flexibility index (Phi) is 2.19. The van der Waals surface area contributed by atoms with Crippen LogP contribution in [-0.2, 0) is 0 Å². The second-order valence-corrected chi connectivity index (χ2v) is 3.68. The quantitative estimate of drug-likeness (QED) is 0.686. The number of H-pyrrole nitrogens is 1. The summed E-state index contributed by atoms with van der Waals surface area (Å²) < 4.78 is 0. The highest BCUT2D eigenvalue weighted by Gasteiger charge is 2.02. The summed E-state index contributed by atoms with van der Waals surface area (Å²) in [7, 11) is 0. The van der Waals surface area contributed by atoms with Gasteiger partial charge >= 0.3 is 0 Å². The zero-order valence-electron chi connectivity index (χ0n) is 8.92. The largest absolute Gasteiger partial charge is 0.328 e. The lowest BCUT2D eigenvalue weighted by atomic mass is 10.1. The number of nitrogens with one attached hydrogen (secondary N) is 1. The second kappa shape index (κ2) is 3.83. The summed E-state index contributed by atoms with van der Waals surface area (Å²) >= 11 is 0. The van der Waals surface area contributed by atoms with Crippen molar-refractivity contribution in [3.8, 4) is 11.3 Å². The number of fused-ring (bicyclic) bond motifs is 1. The molecule has 0 saturated heterocycles. The van der Waals surface area contributed by atoms with Crippen molar-refractivity contribution in [1.82, 2.24) is 15.0 Å². The van der Waals surface area contributed by atoms with E-state index in [4.69, 9.17) is 0 Å². The molecule has 17 heavy (non-hydrogen) atoms. The summed E-state index contributed by atoms with van der Waals surface area (Å²) in [6, 6.07) is 9.20. The minimum atomic E-state index is -0.118. The third-order valence-corrected chi connectivity index (χ3v) is 2.58. The predicted octanol–water partition coefficient (Wildman–Crippen LogP) is 1.99. The van der Waals surface area contributed by atoms with Crippen LogP contribution in [0.25, 0.3) is 22.2 Å². The first-order valence-electron chi connectivity index (χ1n) is 5.23. The Morgan fingerprint density at radius 1 is 1.12 bits per heavy atom. The van der Waals surface area contributed by atoms with Crippen LogP contribution >= 0.6 is 0 Å². The van der Waals surface area contributed by atoms with Gasteiger partial charge < -0.3 is 4.98 Å². The molecule has 0 saturated carbocycles. The van der Waals surface area contributed by atoms with Crippen LogP contribution in [0.4, 0.5) is 0 Å². The van der Waals surface area contributed by atoms with E-state index in [1.165, 1.54) is 0 Å². The molecule has 3 heterocycles. The lowest BCUT2D eigenvalue weighted by molar-refractivity contribution is 1.25. The average Bonchev–Trinajstić information content (AvgIpc) is 2.40. The number of aromatic amines is 1. The molecular formula is C13H9N3O. The molecule has 0 aliphatic carbocycles. The number of hydrogen-bond acceptors (Lipinski definition) is 3. The van der Waals surface area contributed by atoms with Crippen LogP contribution in [0.15, 0.2) is 53.7 Å². The molecule has 0 bridgehead atoms. The molecule has 4 nitrogen and oxygen atoms in total. The van der Waals surface area contributed by atoms with Crippen LogP contribution in [0.5, 0.6) is 0 Å². The minimum Gasteiger partial charge on any atom is -0.328 e. The van der Waals surface area contributed by atoms with Crippen LogP contribution in [-0.4, -0.2) is 15.0 Å². The van der Waals surface area contributed by atoms with Gasteiger partial charge in [0.15, 0.2) is 0 Å². The van der Waals surface area contributed by atoms with Crippen molar-refractivity contribution in [1.29, 1.82) is 0 Å². The van der Waals surface area contributed by atoms with E-state index in [1.54, 1.807) is 30.7 Å². The molecule has 0 atom stereocenters. The highest BCUT2D eigenvalue weighted by atomic mass is 16.1. The van der Waals surface area contributed by atoms with Crippen molar-refractivity contribution < 1.29 is 0 Å². The number of aromatic nitrogens is 3. The molecule has 0 spiro atoms. The molecule has 0 aliphatic rings. The van der Waals surface area contributed by atoms with Gasteiger partial charge in [0.1, 0.15) is 0 Å². The third kappa shape index (κ3) is 1.69. The molecule has 0 fully saturated rings. The SMILES string of the molecule is O=c1[nH]ccc2nc(-c3cccnc3)ccc12. The van der Waals surface area contributed by atoms with Crippen LogP contribution < -0.4 is 5.56 Å². The van der Waals surface area contributed by atoms with Crippen LogP contribution in [0, 0.1) is 0 Å². The molecule has 3 aromatic heterocycles. The highest BCUT2D eigenvalue weighted by molar-refractivity contribution is 5.80. The Hall–Kier alpha value is -2.49. The molecule has 0 radical (unpaired) electrons. The fraction of sp³-hybridized carbons (Fsp3) is 0. The van der Waals surface area contributed by atoms with E-state index in [-0.39, 0.29) is 5.56 Å². The number of hydrogen-bond donors (Lipinski definition) is 1. The van der Waals surface area contributed by atoms with Gasteiger partial charge in [0.2, 0.25) is 0 Å². The standard InChI is InChI=1S/C13H9N3O/c17-13-10-3-4-11(9-2-1-6-14-8-9)16-12(10)5-7-15-13/h1-8H,(H,15,17). The van der Waals surface area contributed by atoms with Crippen LogP contribution in [0.1, 0.15) is 0 Å². The smallest absolute Gasteiger partial charge is 0.257 e. The van der Waals surface area contributed by atoms with Gasteiger partial charge in [-0.2, -0.15) is 0 Å². The minimum absolute atomic E-state index is 0.118. The van der Waals surface area contributed by atoms with Crippen molar-refractivity contribution in [3.05, 3.63) is 59.3 Å². The molecular weight excluding hydrogens is 214 g/mol. The number of nitrogens with zero attached hydrogens (tertiary/aromatic N) is 2. The zero-order valence-corrected chi connectivity index (χ0v) is 8.92. The Labute approximate surface area is 97.0 Å². The third-order valence-electron chi connectivity index (χ3n) is 2.58. The van der Waals surface area contributed by atoms with E-state index < -0.39 is 0 Å². The van der Waals surface area contributed by atoms with Gasteiger partial charge in [-0.25, -0.2) is 4.98 Å². The Morgan fingerprint density at radius 2 is 2.06 bits per heavy atom. The average molecular weight is 223 g/mol. The van der Waals surface area contributed by atoms with Gasteiger partial charge in [0.25, 0.3) is 5.56 Å². The maximum atomic E-state index is 11.5. The molecule has 0 aliphatic heterocycles. The predicted molar refractivity (Wildman–Crippen MR) is 65.6 cm³/mol. The normalized spacial score (nSPS) is 10.6. The van der Waals surface area contributed by atoms with Gasteiger partial charge in [-0.1, -0.05) is 0 Å². The first-order valence-corrected chi connectivity index (χ1v) is 5.23. The fourth-order valence-corrected chi connectivity index (χ4v) is 1.74. The van der Waals surface area contributed by atoms with Gasteiger partial charge in [-0.3, -0.25) is 9.78 Å². The van der Waals surface area contributed by atoms with Crippen molar-refractivity contribution in [2.45, 2.75) is 0 Å². The first kappa shape index (κ1) is 9.72. The molecule has 1 N–H and O–H groups in total. The van der Waals surface area contributed by atoms with E-state index in [0.717, 1.165) is 11.3 Å². The van der Waals surface area contributed by atoms with Gasteiger partial charge in [-0.05, 0) is 30.3 Å². The summed E-state index contributed by atoms with van der Waals surface area (Å²) in [6.07, 6.45) is 5.07. The van der Waals surface area contributed by atoms with E-state index in [1.807, 2.05) is 18.2 Å². The van der Waals surface area contributed by atoms with Crippen molar-refractivity contribution in [3.63, 3.8) is 0 Å². The maximum Gasteiger partial charge on any atom is 0.257 e. The number of pyridine rings is 3. The molecule has 3 aromatic rings. The summed E-state index contributed by atoms with van der Waals surface area (Å²) in [6.45, 7) is 0. The number of rotatable bonds is 1. The Morgan fingerprint density at radius 3 is 2.88 bits per heavy atom. The lowest BCUT2D eigenvalue weighted by Gasteiger charge is -2.01. The summed E-state index contributed by atoms with van der Waals surface area (Å²) in [5, 5.41) is 0.597. The summed E-state index contributed by atoms with van der Waals surface area (Å²) in [5.74, 6) is 0.